The summed E-state index contributed by atoms with van der Waals surface area (Å²) in [6.07, 6.45) is 4.35. The van der Waals surface area contributed by atoms with Crippen molar-refractivity contribution in [1.82, 2.24) is 0 Å². The van der Waals surface area contributed by atoms with E-state index in [4.69, 9.17) is 9.84 Å². The van der Waals surface area contributed by atoms with E-state index in [-0.39, 0.29) is 6.42 Å². The van der Waals surface area contributed by atoms with Crippen LogP contribution in [0.4, 0.5) is 0 Å². The second kappa shape index (κ2) is 8.26. The average molecular weight is 216 g/mol. The number of hydrogen-bond acceptors (Lipinski definition) is 3. The van der Waals surface area contributed by atoms with E-state index in [2.05, 4.69) is 6.92 Å². The number of aliphatic carboxylic acids is 1. The number of hydrogen-bond donors (Lipinski definition) is 1. The number of carboxylic acids is 1. The summed E-state index contributed by atoms with van der Waals surface area (Å²) < 4.78 is 4.92. The Bertz CT molecular complexity index is 185. The highest BCUT2D eigenvalue weighted by Crippen LogP contribution is 2.11. The third-order valence-corrected chi connectivity index (χ3v) is 2.11. The van der Waals surface area contributed by atoms with Gasteiger partial charge in [-0.2, -0.15) is 0 Å². The molecule has 0 amide bonds. The zero-order valence-corrected chi connectivity index (χ0v) is 9.49. The summed E-state index contributed by atoms with van der Waals surface area (Å²) >= 11 is 0. The standard InChI is InChI=1S/C11H20O4/c1-3-4-5-6-7-10(8-11(13)14)15-9(2)12/h10H,3-8H2,1-2H3,(H,13,14)/t10-/m1/s1. The number of carbonyl (C=O) groups is 2. The van der Waals surface area contributed by atoms with Gasteiger partial charge in [-0.15, -0.1) is 0 Å². The Morgan fingerprint density at radius 1 is 1.27 bits per heavy atom. The molecule has 0 fully saturated rings. The monoisotopic (exact) mass is 216 g/mol. The lowest BCUT2D eigenvalue weighted by molar-refractivity contribution is -0.151. The molecule has 0 aliphatic rings. The Kier molecular flexibility index (Phi) is 7.68. The van der Waals surface area contributed by atoms with Gasteiger partial charge < -0.3 is 9.84 Å². The van der Waals surface area contributed by atoms with Crippen LogP contribution >= 0.6 is 0 Å². The van der Waals surface area contributed by atoms with Crippen molar-refractivity contribution in [2.75, 3.05) is 0 Å². The predicted octanol–water partition coefficient (Wildman–Crippen LogP) is 2.36. The fourth-order valence-corrected chi connectivity index (χ4v) is 1.43. The molecule has 1 N–H and O–H groups in total. The molecule has 0 saturated carbocycles. The second-order valence-corrected chi connectivity index (χ2v) is 3.68. The van der Waals surface area contributed by atoms with Gasteiger partial charge in [-0.05, 0) is 12.8 Å². The maximum absolute atomic E-state index is 10.7. The Morgan fingerprint density at radius 2 is 1.93 bits per heavy atom. The zero-order valence-electron chi connectivity index (χ0n) is 9.49. The topological polar surface area (TPSA) is 63.6 Å². The van der Waals surface area contributed by atoms with Gasteiger partial charge in [0.2, 0.25) is 0 Å². The molecule has 0 heterocycles. The first-order valence-corrected chi connectivity index (χ1v) is 5.45. The SMILES string of the molecule is CCCCCC[C@H](CC(=O)O)OC(C)=O. The lowest BCUT2D eigenvalue weighted by Crippen LogP contribution is -2.20. The van der Waals surface area contributed by atoms with Gasteiger partial charge >= 0.3 is 11.9 Å². The van der Waals surface area contributed by atoms with E-state index in [0.717, 1.165) is 25.7 Å². The molecular formula is C11H20O4. The van der Waals surface area contributed by atoms with Crippen molar-refractivity contribution in [3.63, 3.8) is 0 Å². The molecule has 1 atom stereocenters. The van der Waals surface area contributed by atoms with Gasteiger partial charge in [0.05, 0.1) is 6.42 Å². The van der Waals surface area contributed by atoms with Crippen molar-refractivity contribution in [2.24, 2.45) is 0 Å². The molecule has 88 valence electrons. The Balaban J connectivity index is 3.79. The summed E-state index contributed by atoms with van der Waals surface area (Å²) in [7, 11) is 0. The third kappa shape index (κ3) is 9.25. The molecule has 0 aliphatic heterocycles. The highest BCUT2D eigenvalue weighted by atomic mass is 16.5. The first kappa shape index (κ1) is 13.9. The lowest BCUT2D eigenvalue weighted by Gasteiger charge is -2.14. The molecule has 0 bridgehead atoms. The highest BCUT2D eigenvalue weighted by molar-refractivity contribution is 5.69. The van der Waals surface area contributed by atoms with E-state index in [1.165, 1.54) is 6.92 Å². The van der Waals surface area contributed by atoms with Crippen LogP contribution in [0.1, 0.15) is 52.4 Å². The van der Waals surface area contributed by atoms with Gasteiger partial charge in [0, 0.05) is 6.92 Å². The second-order valence-electron chi connectivity index (χ2n) is 3.68. The molecule has 15 heavy (non-hydrogen) atoms. The minimum atomic E-state index is -0.920. The normalized spacial score (nSPS) is 12.1. The van der Waals surface area contributed by atoms with Crippen molar-refractivity contribution >= 4 is 11.9 Å². The third-order valence-electron chi connectivity index (χ3n) is 2.11. The van der Waals surface area contributed by atoms with Crippen LogP contribution in [0.15, 0.2) is 0 Å². The number of unbranched alkanes of at least 4 members (excludes halogenated alkanes) is 3. The number of carboxylic acid groups (broad SMARTS) is 1. The smallest absolute Gasteiger partial charge is 0.307 e. The predicted molar refractivity (Wildman–Crippen MR) is 56.6 cm³/mol. The van der Waals surface area contributed by atoms with Crippen molar-refractivity contribution < 1.29 is 19.4 Å². The summed E-state index contributed by atoms with van der Waals surface area (Å²) in [4.78, 5) is 21.2. The number of ether oxygens (including phenoxy) is 1. The van der Waals surface area contributed by atoms with Gasteiger partial charge in [-0.3, -0.25) is 9.59 Å². The van der Waals surface area contributed by atoms with E-state index >= 15 is 0 Å². The van der Waals surface area contributed by atoms with Gasteiger partial charge in [0.25, 0.3) is 0 Å². The van der Waals surface area contributed by atoms with Gasteiger partial charge in [-0.1, -0.05) is 26.2 Å². The molecular weight excluding hydrogens is 196 g/mol. The molecule has 0 aromatic heterocycles. The summed E-state index contributed by atoms with van der Waals surface area (Å²) in [6.45, 7) is 3.42. The largest absolute Gasteiger partial charge is 0.481 e. The highest BCUT2D eigenvalue weighted by Gasteiger charge is 2.15. The van der Waals surface area contributed by atoms with Gasteiger partial charge in [0.1, 0.15) is 6.10 Å². The molecule has 0 unspecified atom stereocenters. The Labute approximate surface area is 90.6 Å². The van der Waals surface area contributed by atoms with Crippen molar-refractivity contribution in [3.8, 4) is 0 Å². The Hall–Kier alpha value is -1.06. The molecule has 0 saturated heterocycles. The molecule has 0 aromatic rings. The fraction of sp³-hybridized carbons (Fsp3) is 0.818. The quantitative estimate of drug-likeness (QED) is 0.499. The van der Waals surface area contributed by atoms with Crippen LogP contribution in [0.5, 0.6) is 0 Å². The Morgan fingerprint density at radius 3 is 2.40 bits per heavy atom. The molecule has 4 heteroatoms. The summed E-state index contributed by atoms with van der Waals surface area (Å²) in [5.74, 6) is -1.33. The van der Waals surface area contributed by atoms with E-state index < -0.39 is 18.0 Å². The minimum absolute atomic E-state index is 0.0916. The molecule has 0 rings (SSSR count). The van der Waals surface area contributed by atoms with E-state index in [1.807, 2.05) is 0 Å². The van der Waals surface area contributed by atoms with Crippen molar-refractivity contribution in [3.05, 3.63) is 0 Å². The zero-order chi connectivity index (χ0) is 11.7. The lowest BCUT2D eigenvalue weighted by atomic mass is 10.1. The fourth-order valence-electron chi connectivity index (χ4n) is 1.43. The van der Waals surface area contributed by atoms with E-state index in [1.54, 1.807) is 0 Å². The molecule has 4 nitrogen and oxygen atoms in total. The van der Waals surface area contributed by atoms with Crippen LogP contribution in [-0.4, -0.2) is 23.1 Å². The van der Waals surface area contributed by atoms with E-state index in [0.29, 0.717) is 6.42 Å². The number of carbonyl (C=O) groups excluding carboxylic acids is 1. The van der Waals surface area contributed by atoms with Crippen molar-refractivity contribution in [1.29, 1.82) is 0 Å². The van der Waals surface area contributed by atoms with Crippen molar-refractivity contribution in [2.45, 2.75) is 58.5 Å². The number of rotatable bonds is 8. The first-order valence-electron chi connectivity index (χ1n) is 5.45. The van der Waals surface area contributed by atoms with Gasteiger partial charge in [-0.25, -0.2) is 0 Å². The van der Waals surface area contributed by atoms with Crippen LogP contribution in [0, 0.1) is 0 Å². The molecule has 0 radical (unpaired) electrons. The van der Waals surface area contributed by atoms with Crippen LogP contribution in [0.25, 0.3) is 0 Å². The number of esters is 1. The van der Waals surface area contributed by atoms with Crippen LogP contribution < -0.4 is 0 Å². The van der Waals surface area contributed by atoms with Crippen LogP contribution in [0.3, 0.4) is 0 Å². The maximum atomic E-state index is 10.7. The summed E-state index contributed by atoms with van der Waals surface area (Å²) in [5.41, 5.74) is 0. The summed E-state index contributed by atoms with van der Waals surface area (Å²) in [5, 5.41) is 8.61. The molecule has 0 aliphatic carbocycles. The van der Waals surface area contributed by atoms with Gasteiger partial charge in [0.15, 0.2) is 0 Å². The minimum Gasteiger partial charge on any atom is -0.481 e. The van der Waals surface area contributed by atoms with Crippen LogP contribution in [0.2, 0.25) is 0 Å². The van der Waals surface area contributed by atoms with Crippen LogP contribution in [-0.2, 0) is 14.3 Å². The first-order chi connectivity index (χ1) is 7.06. The average Bonchev–Trinajstić information content (AvgIpc) is 2.10. The maximum Gasteiger partial charge on any atom is 0.307 e. The molecule has 0 aromatic carbocycles. The van der Waals surface area contributed by atoms with E-state index in [9.17, 15) is 9.59 Å². The molecule has 0 spiro atoms. The summed E-state index contributed by atoms with van der Waals surface area (Å²) in [6, 6.07) is 0.